The van der Waals surface area contributed by atoms with E-state index < -0.39 is 0 Å². The van der Waals surface area contributed by atoms with Gasteiger partial charge in [-0.3, -0.25) is 10.00 Å². The zero-order valence-electron chi connectivity index (χ0n) is 14.0. The average Bonchev–Trinajstić information content (AvgIpc) is 3.13. The first-order valence-electron chi connectivity index (χ1n) is 8.53. The largest absolute Gasteiger partial charge is 0.464 e. The fourth-order valence-corrected chi connectivity index (χ4v) is 3.46. The summed E-state index contributed by atoms with van der Waals surface area (Å²) < 4.78 is 11.4. The van der Waals surface area contributed by atoms with E-state index in [1.54, 1.807) is 6.26 Å². The van der Waals surface area contributed by atoms with E-state index in [4.69, 9.17) is 9.15 Å². The first-order chi connectivity index (χ1) is 11.8. The van der Waals surface area contributed by atoms with Gasteiger partial charge in [0, 0.05) is 36.3 Å². The normalized spacial score (nSPS) is 19.6. The van der Waals surface area contributed by atoms with Crippen molar-refractivity contribution >= 4 is 11.0 Å². The van der Waals surface area contributed by atoms with E-state index in [0.29, 0.717) is 5.92 Å². The maximum Gasteiger partial charge on any atom is 0.134 e. The molecule has 0 amide bonds. The molecule has 0 unspecified atom stereocenters. The van der Waals surface area contributed by atoms with Gasteiger partial charge in [-0.05, 0) is 37.0 Å². The molecule has 0 saturated carbocycles. The Bertz CT molecular complexity index is 808. The summed E-state index contributed by atoms with van der Waals surface area (Å²) >= 11 is 0. The van der Waals surface area contributed by atoms with Crippen molar-refractivity contribution in [3.63, 3.8) is 0 Å². The fourth-order valence-electron chi connectivity index (χ4n) is 3.46. The highest BCUT2D eigenvalue weighted by Gasteiger charge is 2.20. The Morgan fingerprint density at radius 3 is 3.17 bits per heavy atom. The van der Waals surface area contributed by atoms with E-state index in [-0.39, 0.29) is 0 Å². The molecule has 0 aliphatic carbocycles. The summed E-state index contributed by atoms with van der Waals surface area (Å²) in [5.41, 5.74) is 4.70. The van der Waals surface area contributed by atoms with E-state index in [1.165, 1.54) is 11.1 Å². The third kappa shape index (κ3) is 3.37. The second-order valence-corrected chi connectivity index (χ2v) is 6.69. The Balaban J connectivity index is 1.44. The molecule has 0 radical (unpaired) electrons. The lowest BCUT2D eigenvalue weighted by atomic mass is 9.98. The van der Waals surface area contributed by atoms with Gasteiger partial charge in [0.15, 0.2) is 0 Å². The number of fused-ring (bicyclic) bond motifs is 1. The first-order valence-corrected chi connectivity index (χ1v) is 8.53. The number of rotatable bonds is 4. The summed E-state index contributed by atoms with van der Waals surface area (Å²) in [7, 11) is 0. The number of hydrogen-bond acceptors (Lipinski definition) is 4. The van der Waals surface area contributed by atoms with Crippen LogP contribution in [0.2, 0.25) is 0 Å². The van der Waals surface area contributed by atoms with Gasteiger partial charge in [-0.2, -0.15) is 5.10 Å². The second-order valence-electron chi connectivity index (χ2n) is 6.69. The summed E-state index contributed by atoms with van der Waals surface area (Å²) in [5.74, 6) is 0.493. The highest BCUT2D eigenvalue weighted by Crippen LogP contribution is 2.21. The van der Waals surface area contributed by atoms with Crippen LogP contribution in [0.15, 0.2) is 41.1 Å². The van der Waals surface area contributed by atoms with Crippen LogP contribution in [-0.4, -0.2) is 41.4 Å². The number of benzene rings is 1. The molecule has 0 spiro atoms. The molecule has 1 atom stereocenters. The van der Waals surface area contributed by atoms with Crippen molar-refractivity contribution in [1.29, 1.82) is 0 Å². The molecule has 2 aromatic heterocycles. The summed E-state index contributed by atoms with van der Waals surface area (Å²) in [6.45, 7) is 6.63. The molecule has 3 heterocycles. The van der Waals surface area contributed by atoms with Crippen LogP contribution in [0, 0.1) is 12.8 Å². The summed E-state index contributed by atoms with van der Waals surface area (Å²) in [6.07, 6.45) is 4.69. The molecule has 1 aromatic carbocycles. The fraction of sp³-hybridized carbons (Fsp3) is 0.421. The SMILES string of the molecule is Cc1[nH]ncc1CN1CCOC[C@H](Cc2ccc3ccoc3c2)C1. The summed E-state index contributed by atoms with van der Waals surface area (Å²) in [4.78, 5) is 2.47. The molecule has 24 heavy (non-hydrogen) atoms. The van der Waals surface area contributed by atoms with Gasteiger partial charge >= 0.3 is 0 Å². The van der Waals surface area contributed by atoms with E-state index in [9.17, 15) is 0 Å². The molecule has 1 saturated heterocycles. The quantitative estimate of drug-likeness (QED) is 0.800. The topological polar surface area (TPSA) is 54.3 Å². The third-order valence-corrected chi connectivity index (χ3v) is 4.80. The Morgan fingerprint density at radius 1 is 1.33 bits per heavy atom. The predicted octanol–water partition coefficient (Wildman–Crippen LogP) is 3.16. The minimum absolute atomic E-state index is 0.493. The number of aromatic amines is 1. The Hall–Kier alpha value is -2.11. The molecule has 5 heteroatoms. The molecule has 5 nitrogen and oxygen atoms in total. The van der Waals surface area contributed by atoms with Gasteiger partial charge < -0.3 is 9.15 Å². The molecule has 1 N–H and O–H groups in total. The molecular weight excluding hydrogens is 302 g/mol. The smallest absolute Gasteiger partial charge is 0.134 e. The lowest BCUT2D eigenvalue weighted by Gasteiger charge is -2.23. The molecular formula is C19H23N3O2. The van der Waals surface area contributed by atoms with Gasteiger partial charge in [-0.15, -0.1) is 0 Å². The van der Waals surface area contributed by atoms with Crippen LogP contribution in [0.4, 0.5) is 0 Å². The summed E-state index contributed by atoms with van der Waals surface area (Å²) in [5, 5.41) is 8.31. The number of ether oxygens (including phenoxy) is 1. The maximum atomic E-state index is 5.84. The van der Waals surface area contributed by atoms with Crippen molar-refractivity contribution in [2.75, 3.05) is 26.3 Å². The van der Waals surface area contributed by atoms with Crippen molar-refractivity contribution in [3.8, 4) is 0 Å². The van der Waals surface area contributed by atoms with Crippen molar-refractivity contribution in [2.45, 2.75) is 19.9 Å². The molecule has 1 fully saturated rings. The number of nitrogens with zero attached hydrogens (tertiary/aromatic N) is 2. The number of H-pyrrole nitrogens is 1. The molecule has 1 aliphatic rings. The van der Waals surface area contributed by atoms with Crippen molar-refractivity contribution < 1.29 is 9.15 Å². The minimum atomic E-state index is 0.493. The first kappa shape index (κ1) is 15.4. The molecule has 126 valence electrons. The predicted molar refractivity (Wildman–Crippen MR) is 92.8 cm³/mol. The Kier molecular flexibility index (Phi) is 4.36. The zero-order chi connectivity index (χ0) is 16.4. The summed E-state index contributed by atoms with van der Waals surface area (Å²) in [6, 6.07) is 8.50. The van der Waals surface area contributed by atoms with E-state index in [1.807, 2.05) is 12.3 Å². The van der Waals surface area contributed by atoms with Gasteiger partial charge in [0.05, 0.1) is 25.7 Å². The zero-order valence-corrected chi connectivity index (χ0v) is 14.0. The van der Waals surface area contributed by atoms with E-state index in [0.717, 1.165) is 55.9 Å². The standard InChI is InChI=1S/C19H23N3O2/c1-14-18(10-20-21-14)12-22-5-7-23-13-16(11-22)8-15-2-3-17-4-6-24-19(17)9-15/h2-4,6,9-10,16H,5,7-8,11-13H2,1H3,(H,20,21)/t16-/m1/s1. The van der Waals surface area contributed by atoms with Crippen LogP contribution in [0.25, 0.3) is 11.0 Å². The van der Waals surface area contributed by atoms with Gasteiger partial charge in [0.1, 0.15) is 5.58 Å². The monoisotopic (exact) mass is 325 g/mol. The van der Waals surface area contributed by atoms with Gasteiger partial charge in [-0.25, -0.2) is 0 Å². The van der Waals surface area contributed by atoms with Gasteiger partial charge in [0.2, 0.25) is 0 Å². The van der Waals surface area contributed by atoms with Crippen LogP contribution in [0.5, 0.6) is 0 Å². The lowest BCUT2D eigenvalue weighted by molar-refractivity contribution is 0.121. The van der Waals surface area contributed by atoms with Crippen molar-refractivity contribution in [2.24, 2.45) is 5.92 Å². The van der Waals surface area contributed by atoms with Crippen LogP contribution >= 0.6 is 0 Å². The van der Waals surface area contributed by atoms with Crippen LogP contribution < -0.4 is 0 Å². The van der Waals surface area contributed by atoms with Crippen LogP contribution in [0.3, 0.4) is 0 Å². The minimum Gasteiger partial charge on any atom is -0.464 e. The van der Waals surface area contributed by atoms with Crippen LogP contribution in [-0.2, 0) is 17.7 Å². The highest BCUT2D eigenvalue weighted by molar-refractivity contribution is 5.77. The number of aryl methyl sites for hydroxylation is 1. The highest BCUT2D eigenvalue weighted by atomic mass is 16.5. The molecule has 0 bridgehead atoms. The number of nitrogens with one attached hydrogen (secondary N) is 1. The lowest BCUT2D eigenvalue weighted by Crippen LogP contribution is -2.30. The Labute approximate surface area is 141 Å². The van der Waals surface area contributed by atoms with Gasteiger partial charge in [-0.1, -0.05) is 12.1 Å². The second kappa shape index (κ2) is 6.79. The van der Waals surface area contributed by atoms with Crippen molar-refractivity contribution in [3.05, 3.63) is 53.5 Å². The average molecular weight is 325 g/mol. The van der Waals surface area contributed by atoms with Crippen molar-refractivity contribution in [1.82, 2.24) is 15.1 Å². The molecule has 3 aromatic rings. The third-order valence-electron chi connectivity index (χ3n) is 4.80. The number of hydrogen-bond donors (Lipinski definition) is 1. The Morgan fingerprint density at radius 2 is 2.29 bits per heavy atom. The number of furan rings is 1. The molecule has 1 aliphatic heterocycles. The van der Waals surface area contributed by atoms with Gasteiger partial charge in [0.25, 0.3) is 0 Å². The number of aromatic nitrogens is 2. The van der Waals surface area contributed by atoms with E-state index >= 15 is 0 Å². The van der Waals surface area contributed by atoms with E-state index in [2.05, 4.69) is 40.2 Å². The molecule has 4 rings (SSSR count). The maximum absolute atomic E-state index is 5.84. The van der Waals surface area contributed by atoms with Crippen LogP contribution in [0.1, 0.15) is 16.8 Å².